The third-order valence-corrected chi connectivity index (χ3v) is 4.69. The minimum atomic E-state index is -0.324. The van der Waals surface area contributed by atoms with Crippen molar-refractivity contribution in [2.45, 2.75) is 39.3 Å². The zero-order valence-electron chi connectivity index (χ0n) is 12.3. The van der Waals surface area contributed by atoms with E-state index in [1.165, 1.54) is 12.5 Å². The number of nitrogens with one attached hydrogen (secondary N) is 1. The summed E-state index contributed by atoms with van der Waals surface area (Å²) in [7, 11) is 0. The molecule has 1 aliphatic heterocycles. The summed E-state index contributed by atoms with van der Waals surface area (Å²) in [6.45, 7) is 8.34. The zero-order chi connectivity index (χ0) is 14.5. The van der Waals surface area contributed by atoms with Crippen LogP contribution in [-0.2, 0) is 6.54 Å². The Labute approximate surface area is 126 Å². The second-order valence-electron chi connectivity index (χ2n) is 5.75. The summed E-state index contributed by atoms with van der Waals surface area (Å²) in [5.41, 5.74) is 0.886. The summed E-state index contributed by atoms with van der Waals surface area (Å²) in [6.07, 6.45) is 2.30. The summed E-state index contributed by atoms with van der Waals surface area (Å²) < 4.78 is 13.5. The number of hydrogen-bond donors (Lipinski definition) is 1. The molecule has 0 bridgehead atoms. The molecule has 1 N–H and O–H groups in total. The molecule has 20 heavy (non-hydrogen) atoms. The Kier molecular flexibility index (Phi) is 5.82. The van der Waals surface area contributed by atoms with Crippen LogP contribution in [0.3, 0.4) is 0 Å². The van der Waals surface area contributed by atoms with Gasteiger partial charge in [0.05, 0.1) is 5.02 Å². The van der Waals surface area contributed by atoms with E-state index in [2.05, 4.69) is 24.1 Å². The molecule has 112 valence electrons. The number of rotatable bonds is 4. The Morgan fingerprint density at radius 1 is 1.50 bits per heavy atom. The lowest BCUT2D eigenvalue weighted by Crippen LogP contribution is -2.41. The Morgan fingerprint density at radius 2 is 2.30 bits per heavy atom. The van der Waals surface area contributed by atoms with Crippen LogP contribution in [0.5, 0.6) is 0 Å². The zero-order valence-corrected chi connectivity index (χ0v) is 13.1. The first-order valence-corrected chi connectivity index (χ1v) is 7.88. The molecule has 0 saturated carbocycles. The SMILES string of the molecule is CCC(C)C1CN(Cc2cccc(F)c2Cl)CCCN1. The standard InChI is InChI=1S/C16H24ClFN2/c1-3-12(2)15-11-20(9-5-8-19-15)10-13-6-4-7-14(18)16(13)17/h4,6-7,12,15,19H,3,5,8-11H2,1-2H3. The normalized spacial score (nSPS) is 22.5. The highest BCUT2D eigenvalue weighted by Crippen LogP contribution is 2.22. The van der Waals surface area contributed by atoms with Crippen molar-refractivity contribution in [3.05, 3.63) is 34.6 Å². The molecule has 1 aromatic carbocycles. The largest absolute Gasteiger partial charge is 0.312 e. The van der Waals surface area contributed by atoms with E-state index in [0.717, 1.165) is 38.2 Å². The molecule has 0 spiro atoms. The lowest BCUT2D eigenvalue weighted by atomic mass is 9.99. The van der Waals surface area contributed by atoms with Crippen LogP contribution in [0.1, 0.15) is 32.3 Å². The maximum Gasteiger partial charge on any atom is 0.142 e. The molecule has 0 amide bonds. The third-order valence-electron chi connectivity index (χ3n) is 4.27. The van der Waals surface area contributed by atoms with Gasteiger partial charge in [0.2, 0.25) is 0 Å². The molecule has 1 fully saturated rings. The van der Waals surface area contributed by atoms with E-state index < -0.39 is 0 Å². The van der Waals surface area contributed by atoms with Gasteiger partial charge in [-0.3, -0.25) is 4.90 Å². The van der Waals surface area contributed by atoms with E-state index in [4.69, 9.17) is 11.6 Å². The van der Waals surface area contributed by atoms with E-state index >= 15 is 0 Å². The van der Waals surface area contributed by atoms with Gasteiger partial charge in [0.15, 0.2) is 0 Å². The molecule has 0 radical (unpaired) electrons. The predicted molar refractivity (Wildman–Crippen MR) is 82.5 cm³/mol. The monoisotopic (exact) mass is 298 g/mol. The van der Waals surface area contributed by atoms with Gasteiger partial charge in [-0.05, 0) is 37.1 Å². The van der Waals surface area contributed by atoms with Crippen molar-refractivity contribution >= 4 is 11.6 Å². The summed E-state index contributed by atoms with van der Waals surface area (Å²) in [6, 6.07) is 5.58. The van der Waals surface area contributed by atoms with Crippen molar-refractivity contribution < 1.29 is 4.39 Å². The quantitative estimate of drug-likeness (QED) is 0.912. The van der Waals surface area contributed by atoms with Gasteiger partial charge in [0, 0.05) is 19.1 Å². The van der Waals surface area contributed by atoms with Crippen molar-refractivity contribution in [2.75, 3.05) is 19.6 Å². The first-order valence-electron chi connectivity index (χ1n) is 7.50. The van der Waals surface area contributed by atoms with Crippen molar-refractivity contribution in [2.24, 2.45) is 5.92 Å². The smallest absolute Gasteiger partial charge is 0.142 e. The minimum absolute atomic E-state index is 0.268. The van der Waals surface area contributed by atoms with Crippen LogP contribution in [0.15, 0.2) is 18.2 Å². The lowest BCUT2D eigenvalue weighted by molar-refractivity contribution is 0.231. The van der Waals surface area contributed by atoms with E-state index in [0.29, 0.717) is 12.0 Å². The molecule has 1 saturated heterocycles. The molecular formula is C16H24ClFN2. The molecule has 0 aliphatic carbocycles. The molecule has 1 aliphatic rings. The second-order valence-corrected chi connectivity index (χ2v) is 6.13. The molecule has 0 aromatic heterocycles. The Balaban J connectivity index is 2.05. The molecule has 1 aromatic rings. The predicted octanol–water partition coefficient (Wildman–Crippen LogP) is 3.69. The van der Waals surface area contributed by atoms with E-state index in [1.807, 2.05) is 6.07 Å². The van der Waals surface area contributed by atoms with Crippen LogP contribution in [0.2, 0.25) is 5.02 Å². The first-order chi connectivity index (χ1) is 9.61. The average Bonchev–Trinajstić information content (AvgIpc) is 2.68. The lowest BCUT2D eigenvalue weighted by Gasteiger charge is -2.28. The van der Waals surface area contributed by atoms with E-state index in [1.54, 1.807) is 6.07 Å². The minimum Gasteiger partial charge on any atom is -0.312 e. The molecule has 4 heteroatoms. The number of hydrogen-bond acceptors (Lipinski definition) is 2. The molecule has 2 rings (SSSR count). The van der Waals surface area contributed by atoms with Crippen LogP contribution in [0, 0.1) is 11.7 Å². The molecule has 2 unspecified atom stereocenters. The van der Waals surface area contributed by atoms with Crippen LogP contribution in [0.25, 0.3) is 0 Å². The van der Waals surface area contributed by atoms with Crippen molar-refractivity contribution in [3.8, 4) is 0 Å². The van der Waals surface area contributed by atoms with E-state index in [-0.39, 0.29) is 10.8 Å². The topological polar surface area (TPSA) is 15.3 Å². The summed E-state index contributed by atoms with van der Waals surface area (Å²) in [5, 5.41) is 3.89. The van der Waals surface area contributed by atoms with Gasteiger partial charge in [-0.1, -0.05) is 44.0 Å². The Bertz CT molecular complexity index is 438. The fourth-order valence-corrected chi connectivity index (χ4v) is 2.93. The highest BCUT2D eigenvalue weighted by molar-refractivity contribution is 6.31. The van der Waals surface area contributed by atoms with Crippen LogP contribution in [0.4, 0.5) is 4.39 Å². The van der Waals surface area contributed by atoms with Gasteiger partial charge >= 0.3 is 0 Å². The maximum absolute atomic E-state index is 13.5. The molecular weight excluding hydrogens is 275 g/mol. The molecule has 2 atom stereocenters. The van der Waals surface area contributed by atoms with Crippen LogP contribution in [-0.4, -0.2) is 30.6 Å². The van der Waals surface area contributed by atoms with Crippen LogP contribution < -0.4 is 5.32 Å². The number of benzene rings is 1. The average molecular weight is 299 g/mol. The van der Waals surface area contributed by atoms with Gasteiger partial charge in [-0.25, -0.2) is 4.39 Å². The highest BCUT2D eigenvalue weighted by Gasteiger charge is 2.22. The third kappa shape index (κ3) is 3.94. The van der Waals surface area contributed by atoms with Gasteiger partial charge in [-0.2, -0.15) is 0 Å². The second kappa shape index (κ2) is 7.39. The Hall–Kier alpha value is -0.640. The fraction of sp³-hybridized carbons (Fsp3) is 0.625. The summed E-state index contributed by atoms with van der Waals surface area (Å²) >= 11 is 6.06. The number of halogens is 2. The van der Waals surface area contributed by atoms with Gasteiger partial charge in [-0.15, -0.1) is 0 Å². The maximum atomic E-state index is 13.5. The first kappa shape index (κ1) is 15.7. The van der Waals surface area contributed by atoms with Crippen molar-refractivity contribution in [1.29, 1.82) is 0 Å². The highest BCUT2D eigenvalue weighted by atomic mass is 35.5. The van der Waals surface area contributed by atoms with E-state index in [9.17, 15) is 4.39 Å². The van der Waals surface area contributed by atoms with Crippen LogP contribution >= 0.6 is 11.6 Å². The van der Waals surface area contributed by atoms with Crippen molar-refractivity contribution in [1.82, 2.24) is 10.2 Å². The van der Waals surface area contributed by atoms with Crippen molar-refractivity contribution in [3.63, 3.8) is 0 Å². The van der Waals surface area contributed by atoms with Gasteiger partial charge in [0.1, 0.15) is 5.82 Å². The fourth-order valence-electron chi connectivity index (χ4n) is 2.74. The molecule has 1 heterocycles. The van der Waals surface area contributed by atoms with Gasteiger partial charge in [0.25, 0.3) is 0 Å². The molecule has 2 nitrogen and oxygen atoms in total. The van der Waals surface area contributed by atoms with Gasteiger partial charge < -0.3 is 5.32 Å². The number of nitrogens with zero attached hydrogens (tertiary/aromatic N) is 1. The Morgan fingerprint density at radius 3 is 3.05 bits per heavy atom. The summed E-state index contributed by atoms with van der Waals surface area (Å²) in [5.74, 6) is 0.328. The summed E-state index contributed by atoms with van der Waals surface area (Å²) in [4.78, 5) is 2.39.